The Hall–Kier alpha value is -3.71. The van der Waals surface area contributed by atoms with Crippen LogP contribution in [-0.4, -0.2) is 24.8 Å². The highest BCUT2D eigenvalue weighted by molar-refractivity contribution is 7.80. The number of hydrogen-bond acceptors (Lipinski definition) is 4. The highest BCUT2D eigenvalue weighted by Crippen LogP contribution is 2.44. The van der Waals surface area contributed by atoms with Crippen LogP contribution in [0.5, 0.6) is 5.75 Å². The molecule has 5 rings (SSSR count). The summed E-state index contributed by atoms with van der Waals surface area (Å²) in [5.74, 6) is 0.175. The summed E-state index contributed by atoms with van der Waals surface area (Å²) in [7, 11) is 0. The number of hydrogen-bond donors (Lipinski definition) is 2. The van der Waals surface area contributed by atoms with Gasteiger partial charge in [0.25, 0.3) is 0 Å². The van der Waals surface area contributed by atoms with Crippen LogP contribution in [0.3, 0.4) is 0 Å². The summed E-state index contributed by atoms with van der Waals surface area (Å²) < 4.78 is 2.18. The highest BCUT2D eigenvalue weighted by Gasteiger charge is 2.43. The second kappa shape index (κ2) is 7.85. The number of benzene rings is 1. The summed E-state index contributed by atoms with van der Waals surface area (Å²) in [5.41, 5.74) is 4.61. The summed E-state index contributed by atoms with van der Waals surface area (Å²) in [6.07, 6.45) is 5.39. The van der Waals surface area contributed by atoms with Gasteiger partial charge >= 0.3 is 0 Å². The molecule has 4 aromatic rings. The molecule has 1 fully saturated rings. The Kier molecular flexibility index (Phi) is 4.88. The molecule has 0 bridgehead atoms. The van der Waals surface area contributed by atoms with E-state index >= 15 is 0 Å². The molecule has 3 aromatic heterocycles. The van der Waals surface area contributed by atoms with Crippen molar-refractivity contribution in [3.63, 3.8) is 0 Å². The number of phenolic OH excluding ortho intramolecular Hbond substituents is 1. The maximum absolute atomic E-state index is 10.6. The van der Waals surface area contributed by atoms with Crippen LogP contribution >= 0.6 is 12.2 Å². The number of aryl methyl sites for hydroxylation is 1. The van der Waals surface area contributed by atoms with Crippen molar-refractivity contribution in [2.75, 3.05) is 4.90 Å². The first-order chi connectivity index (χ1) is 15.1. The van der Waals surface area contributed by atoms with Gasteiger partial charge in [0.2, 0.25) is 0 Å². The van der Waals surface area contributed by atoms with Crippen molar-refractivity contribution in [1.29, 1.82) is 0 Å². The number of rotatable bonds is 4. The van der Waals surface area contributed by atoms with Gasteiger partial charge in [-0.05, 0) is 67.7 Å². The Morgan fingerprint density at radius 2 is 1.81 bits per heavy atom. The first-order valence-electron chi connectivity index (χ1n) is 10.0. The molecule has 1 aliphatic rings. The molecule has 2 N–H and O–H groups in total. The van der Waals surface area contributed by atoms with Gasteiger partial charge in [0, 0.05) is 23.8 Å². The summed E-state index contributed by atoms with van der Waals surface area (Å²) in [6, 6.07) is 20.8. The Labute approximate surface area is 185 Å². The average molecular weight is 428 g/mol. The van der Waals surface area contributed by atoms with E-state index in [0.29, 0.717) is 10.8 Å². The number of thiocarbonyl (C=S) groups is 1. The lowest BCUT2D eigenvalue weighted by Gasteiger charge is -2.29. The van der Waals surface area contributed by atoms with Gasteiger partial charge < -0.3 is 19.9 Å². The van der Waals surface area contributed by atoms with Crippen LogP contribution in [0.1, 0.15) is 29.2 Å². The van der Waals surface area contributed by atoms with Crippen LogP contribution < -0.4 is 10.2 Å². The number of nitrogens with zero attached hydrogens (tertiary/aromatic N) is 4. The third-order valence-corrected chi connectivity index (χ3v) is 5.87. The molecule has 0 amide bonds. The number of pyridine rings is 2. The molecule has 0 aliphatic carbocycles. The molecule has 7 heteroatoms. The van der Waals surface area contributed by atoms with Gasteiger partial charge in [0.05, 0.1) is 29.3 Å². The molecule has 4 heterocycles. The van der Waals surface area contributed by atoms with Crippen LogP contribution in [0.2, 0.25) is 0 Å². The third kappa shape index (κ3) is 3.33. The van der Waals surface area contributed by atoms with Crippen molar-refractivity contribution in [2.45, 2.75) is 19.0 Å². The molecule has 0 saturated carbocycles. The minimum absolute atomic E-state index is 0.175. The Balaban J connectivity index is 1.72. The molecule has 6 nitrogen and oxygen atoms in total. The molecule has 0 radical (unpaired) electrons. The first kappa shape index (κ1) is 19.3. The molecular formula is C24H21N5OS. The lowest BCUT2D eigenvalue weighted by molar-refractivity contribution is 0.472. The zero-order chi connectivity index (χ0) is 21.4. The van der Waals surface area contributed by atoms with Gasteiger partial charge in [-0.1, -0.05) is 18.2 Å². The lowest BCUT2D eigenvalue weighted by Crippen LogP contribution is -2.30. The van der Waals surface area contributed by atoms with Crippen LogP contribution in [0.15, 0.2) is 85.3 Å². The fraction of sp³-hybridized carbons (Fsp3) is 0.125. The van der Waals surface area contributed by atoms with E-state index < -0.39 is 0 Å². The molecule has 1 saturated heterocycles. The van der Waals surface area contributed by atoms with Gasteiger partial charge in [-0.2, -0.15) is 0 Å². The monoisotopic (exact) mass is 427 g/mol. The number of anilines is 1. The Morgan fingerprint density at radius 3 is 2.55 bits per heavy atom. The zero-order valence-corrected chi connectivity index (χ0v) is 17.7. The SMILES string of the molecule is Cc1ccc([C@H]2[C@@H](c3ccccn3)NC(=S)N2c2ccccc2O)n1-c1cccnc1. The second-order valence-electron chi connectivity index (χ2n) is 7.43. The summed E-state index contributed by atoms with van der Waals surface area (Å²) in [5, 5.41) is 14.6. The maximum atomic E-state index is 10.6. The van der Waals surface area contributed by atoms with E-state index in [1.807, 2.05) is 53.6 Å². The van der Waals surface area contributed by atoms with Crippen molar-refractivity contribution >= 4 is 23.0 Å². The molecule has 1 aliphatic heterocycles. The predicted molar refractivity (Wildman–Crippen MR) is 124 cm³/mol. The van der Waals surface area contributed by atoms with Crippen molar-refractivity contribution < 1.29 is 5.11 Å². The van der Waals surface area contributed by atoms with E-state index in [0.717, 1.165) is 22.8 Å². The Morgan fingerprint density at radius 1 is 0.968 bits per heavy atom. The molecule has 0 spiro atoms. The molecule has 154 valence electrons. The number of aromatic hydroxyl groups is 1. The topological polar surface area (TPSA) is 66.2 Å². The standard InChI is InChI=1S/C24H21N5OS/c1-16-11-12-20(28(16)17-7-6-13-25-15-17)23-22(18-8-4-5-14-26-18)27-24(31)29(23)19-9-2-3-10-21(19)30/h2-15,22-23,30H,1H3,(H,27,31)/t22-,23+/m1/s1. The van der Waals surface area contributed by atoms with Crippen molar-refractivity contribution in [1.82, 2.24) is 19.9 Å². The van der Waals surface area contributed by atoms with E-state index in [9.17, 15) is 5.11 Å². The maximum Gasteiger partial charge on any atom is 0.174 e. The van der Waals surface area contributed by atoms with Gasteiger partial charge in [0.1, 0.15) is 11.8 Å². The quantitative estimate of drug-likeness (QED) is 0.469. The van der Waals surface area contributed by atoms with Crippen LogP contribution in [-0.2, 0) is 0 Å². The van der Waals surface area contributed by atoms with Gasteiger partial charge in [-0.3, -0.25) is 9.97 Å². The molecular weight excluding hydrogens is 406 g/mol. The lowest BCUT2D eigenvalue weighted by atomic mass is 10.0. The first-order valence-corrected chi connectivity index (χ1v) is 10.4. The number of phenols is 1. The predicted octanol–water partition coefficient (Wildman–Crippen LogP) is 4.46. The van der Waals surface area contributed by atoms with Crippen molar-refractivity contribution in [3.05, 3.63) is 102 Å². The molecule has 2 atom stereocenters. The number of para-hydroxylation sites is 2. The minimum atomic E-state index is -0.232. The second-order valence-corrected chi connectivity index (χ2v) is 7.82. The highest BCUT2D eigenvalue weighted by atomic mass is 32.1. The van der Waals surface area contributed by atoms with Crippen LogP contribution in [0.4, 0.5) is 5.69 Å². The summed E-state index contributed by atoms with van der Waals surface area (Å²) in [4.78, 5) is 10.9. The number of aromatic nitrogens is 3. The molecule has 31 heavy (non-hydrogen) atoms. The summed E-state index contributed by atoms with van der Waals surface area (Å²) in [6.45, 7) is 2.07. The van der Waals surface area contributed by atoms with Crippen LogP contribution in [0, 0.1) is 6.92 Å². The average Bonchev–Trinajstić information content (AvgIpc) is 3.35. The smallest absolute Gasteiger partial charge is 0.174 e. The minimum Gasteiger partial charge on any atom is -0.506 e. The van der Waals surface area contributed by atoms with Crippen molar-refractivity contribution in [2.24, 2.45) is 0 Å². The molecule has 1 aromatic carbocycles. The van der Waals surface area contributed by atoms with Gasteiger partial charge in [-0.25, -0.2) is 0 Å². The largest absolute Gasteiger partial charge is 0.506 e. The zero-order valence-electron chi connectivity index (χ0n) is 16.9. The summed E-state index contributed by atoms with van der Waals surface area (Å²) >= 11 is 5.76. The van der Waals surface area contributed by atoms with E-state index in [2.05, 4.69) is 38.9 Å². The van der Waals surface area contributed by atoms with E-state index in [4.69, 9.17) is 12.2 Å². The fourth-order valence-electron chi connectivity index (χ4n) is 4.21. The normalized spacial score (nSPS) is 18.2. The van der Waals surface area contributed by atoms with Gasteiger partial charge in [0.15, 0.2) is 5.11 Å². The molecule has 0 unspecified atom stereocenters. The van der Waals surface area contributed by atoms with Crippen molar-refractivity contribution in [3.8, 4) is 11.4 Å². The van der Waals surface area contributed by atoms with Crippen LogP contribution in [0.25, 0.3) is 5.69 Å². The Bertz CT molecular complexity index is 1230. The van der Waals surface area contributed by atoms with Gasteiger partial charge in [-0.15, -0.1) is 0 Å². The van der Waals surface area contributed by atoms with E-state index in [1.165, 1.54) is 0 Å². The third-order valence-electron chi connectivity index (χ3n) is 5.55. The van der Waals surface area contributed by atoms with E-state index in [-0.39, 0.29) is 17.8 Å². The van der Waals surface area contributed by atoms with E-state index in [1.54, 1.807) is 24.5 Å². The number of nitrogens with one attached hydrogen (secondary N) is 1. The fourth-order valence-corrected chi connectivity index (χ4v) is 4.55.